The number of nitrogens with one attached hydrogen (secondary N) is 1. The fourth-order valence-corrected chi connectivity index (χ4v) is 3.87. The van der Waals surface area contributed by atoms with Crippen LogP contribution in [-0.2, 0) is 35.5 Å². The summed E-state index contributed by atoms with van der Waals surface area (Å²) >= 11 is 0. The van der Waals surface area contributed by atoms with Gasteiger partial charge in [-0.2, -0.15) is 0 Å². The molecule has 0 spiro atoms. The fourth-order valence-electron chi connectivity index (χ4n) is 3.87. The summed E-state index contributed by atoms with van der Waals surface area (Å²) in [6.07, 6.45) is 6.07. The van der Waals surface area contributed by atoms with Crippen molar-refractivity contribution in [2.24, 2.45) is 0 Å². The van der Waals surface area contributed by atoms with Crippen LogP contribution in [0.5, 0.6) is 0 Å². The van der Waals surface area contributed by atoms with Crippen molar-refractivity contribution in [3.8, 4) is 0 Å². The first-order valence-corrected chi connectivity index (χ1v) is 8.76. The van der Waals surface area contributed by atoms with E-state index < -0.39 is 6.04 Å². The number of hydrogen-bond acceptors (Lipinski definition) is 3. The molecule has 2 aliphatic rings. The predicted octanol–water partition coefficient (Wildman–Crippen LogP) is 1.29. The van der Waals surface area contributed by atoms with E-state index in [1.165, 1.54) is 6.92 Å². The van der Waals surface area contributed by atoms with Gasteiger partial charge in [-0.05, 0) is 17.5 Å². The van der Waals surface area contributed by atoms with Crippen LogP contribution < -0.4 is 5.32 Å². The van der Waals surface area contributed by atoms with Crippen molar-refractivity contribution in [3.63, 3.8) is 0 Å². The van der Waals surface area contributed by atoms with E-state index in [4.69, 9.17) is 0 Å². The highest BCUT2D eigenvalue weighted by atomic mass is 16.2. The maximum atomic E-state index is 12.9. The molecule has 0 saturated carbocycles. The van der Waals surface area contributed by atoms with E-state index >= 15 is 0 Å². The van der Waals surface area contributed by atoms with Crippen LogP contribution in [0.1, 0.15) is 30.3 Å². The predicted molar refractivity (Wildman–Crippen MR) is 92.6 cm³/mol. The molecule has 25 heavy (non-hydrogen) atoms. The third kappa shape index (κ3) is 3.04. The van der Waals surface area contributed by atoms with Crippen LogP contribution in [0.3, 0.4) is 0 Å². The van der Waals surface area contributed by atoms with E-state index in [1.54, 1.807) is 11.1 Å². The molecular formula is C19H22N4O2. The first kappa shape index (κ1) is 15.9. The largest absolute Gasteiger partial charge is 0.350 e. The smallest absolute Gasteiger partial charge is 0.243 e. The Balaban J connectivity index is 1.50. The van der Waals surface area contributed by atoms with Crippen molar-refractivity contribution in [3.05, 3.63) is 53.6 Å². The molecule has 4 rings (SSSR count). The Bertz CT molecular complexity index is 813. The van der Waals surface area contributed by atoms with Crippen LogP contribution in [0.15, 0.2) is 36.7 Å². The third-order valence-electron chi connectivity index (χ3n) is 5.24. The molecular weight excluding hydrogens is 316 g/mol. The second-order valence-electron chi connectivity index (χ2n) is 6.88. The molecule has 2 aromatic rings. The van der Waals surface area contributed by atoms with Gasteiger partial charge >= 0.3 is 0 Å². The molecule has 1 aromatic heterocycles. The molecule has 1 aromatic carbocycles. The third-order valence-corrected chi connectivity index (χ3v) is 5.24. The van der Waals surface area contributed by atoms with Crippen molar-refractivity contribution in [1.82, 2.24) is 19.8 Å². The van der Waals surface area contributed by atoms with Gasteiger partial charge in [-0.25, -0.2) is 4.98 Å². The van der Waals surface area contributed by atoms with E-state index in [2.05, 4.69) is 14.9 Å². The molecule has 3 heterocycles. The van der Waals surface area contributed by atoms with E-state index in [9.17, 15) is 9.59 Å². The SMILES string of the molecule is CC(=O)N1Cc2ccccc2C[C@H]1C(=O)N[C@H]1CCc2nccn2C1. The summed E-state index contributed by atoms with van der Waals surface area (Å²) < 4.78 is 2.09. The molecule has 130 valence electrons. The van der Waals surface area contributed by atoms with Crippen molar-refractivity contribution >= 4 is 11.8 Å². The Kier molecular flexibility index (Phi) is 4.03. The summed E-state index contributed by atoms with van der Waals surface area (Å²) in [4.78, 5) is 31.0. The summed E-state index contributed by atoms with van der Waals surface area (Å²) in [6, 6.07) is 7.69. The van der Waals surface area contributed by atoms with Crippen molar-refractivity contribution in [1.29, 1.82) is 0 Å². The number of aryl methyl sites for hydroxylation is 1. The first-order valence-electron chi connectivity index (χ1n) is 8.76. The first-order chi connectivity index (χ1) is 12.1. The number of rotatable bonds is 2. The molecule has 2 amide bonds. The van der Waals surface area contributed by atoms with Crippen LogP contribution in [0.25, 0.3) is 0 Å². The van der Waals surface area contributed by atoms with Crippen LogP contribution in [0.2, 0.25) is 0 Å². The van der Waals surface area contributed by atoms with Gasteiger partial charge in [0.1, 0.15) is 11.9 Å². The van der Waals surface area contributed by atoms with Crippen LogP contribution in [0.4, 0.5) is 0 Å². The van der Waals surface area contributed by atoms with E-state index in [-0.39, 0.29) is 17.9 Å². The number of carbonyl (C=O) groups is 2. The Morgan fingerprint density at radius 1 is 1.24 bits per heavy atom. The van der Waals surface area contributed by atoms with Gasteiger partial charge in [-0.3, -0.25) is 9.59 Å². The zero-order valence-electron chi connectivity index (χ0n) is 14.3. The zero-order valence-corrected chi connectivity index (χ0v) is 14.3. The highest BCUT2D eigenvalue weighted by Crippen LogP contribution is 2.24. The van der Waals surface area contributed by atoms with Gasteiger partial charge in [0, 0.05) is 51.3 Å². The second-order valence-corrected chi connectivity index (χ2v) is 6.88. The molecule has 6 nitrogen and oxygen atoms in total. The van der Waals surface area contributed by atoms with Crippen molar-refractivity contribution in [2.45, 2.75) is 51.4 Å². The standard InChI is InChI=1S/C19H22N4O2/c1-13(24)23-11-15-5-3-2-4-14(15)10-17(23)19(25)21-16-6-7-18-20-8-9-22(18)12-16/h2-5,8-9,16-17H,6-7,10-12H2,1H3,(H,21,25)/t16-,17-/m0/s1. The van der Waals surface area contributed by atoms with Crippen molar-refractivity contribution in [2.75, 3.05) is 0 Å². The van der Waals surface area contributed by atoms with Gasteiger partial charge in [-0.15, -0.1) is 0 Å². The van der Waals surface area contributed by atoms with Gasteiger partial charge in [0.2, 0.25) is 11.8 Å². The minimum Gasteiger partial charge on any atom is -0.350 e. The fraction of sp³-hybridized carbons (Fsp3) is 0.421. The molecule has 0 unspecified atom stereocenters. The number of imidazole rings is 1. The average molecular weight is 338 g/mol. The molecule has 0 fully saturated rings. The summed E-state index contributed by atoms with van der Waals surface area (Å²) in [7, 11) is 0. The lowest BCUT2D eigenvalue weighted by molar-refractivity contribution is -0.140. The average Bonchev–Trinajstić information content (AvgIpc) is 3.08. The second kappa shape index (κ2) is 6.35. The lowest BCUT2D eigenvalue weighted by atomic mass is 9.93. The Morgan fingerprint density at radius 2 is 2.04 bits per heavy atom. The minimum absolute atomic E-state index is 0.0572. The van der Waals surface area contributed by atoms with E-state index in [0.717, 1.165) is 36.3 Å². The summed E-state index contributed by atoms with van der Waals surface area (Å²) in [5.74, 6) is 0.955. The number of amides is 2. The van der Waals surface area contributed by atoms with Crippen molar-refractivity contribution < 1.29 is 9.59 Å². The molecule has 1 N–H and O–H groups in total. The van der Waals surface area contributed by atoms with Gasteiger partial charge in [0.15, 0.2) is 0 Å². The number of fused-ring (bicyclic) bond motifs is 2. The molecule has 6 heteroatoms. The van der Waals surface area contributed by atoms with E-state index in [0.29, 0.717) is 13.0 Å². The Hall–Kier alpha value is -2.63. The van der Waals surface area contributed by atoms with Crippen LogP contribution in [0, 0.1) is 0 Å². The highest BCUT2D eigenvalue weighted by molar-refractivity contribution is 5.88. The maximum Gasteiger partial charge on any atom is 0.243 e. The number of nitrogens with zero attached hydrogens (tertiary/aromatic N) is 3. The highest BCUT2D eigenvalue weighted by Gasteiger charge is 2.34. The van der Waals surface area contributed by atoms with Gasteiger partial charge in [-0.1, -0.05) is 24.3 Å². The normalized spacial score (nSPS) is 22.0. The minimum atomic E-state index is -0.434. The Labute approximate surface area is 146 Å². The van der Waals surface area contributed by atoms with Crippen LogP contribution in [-0.4, -0.2) is 38.3 Å². The zero-order chi connectivity index (χ0) is 17.4. The number of carbonyl (C=O) groups excluding carboxylic acids is 2. The molecule has 0 saturated heterocycles. The molecule has 2 aliphatic heterocycles. The maximum absolute atomic E-state index is 12.9. The van der Waals surface area contributed by atoms with Crippen LogP contribution >= 0.6 is 0 Å². The Morgan fingerprint density at radius 3 is 2.84 bits per heavy atom. The lowest BCUT2D eigenvalue weighted by Crippen LogP contribution is -2.54. The summed E-state index contributed by atoms with van der Waals surface area (Å²) in [6.45, 7) is 2.77. The number of aromatic nitrogens is 2. The van der Waals surface area contributed by atoms with Gasteiger partial charge in [0.05, 0.1) is 0 Å². The summed E-state index contributed by atoms with van der Waals surface area (Å²) in [5, 5.41) is 3.15. The van der Waals surface area contributed by atoms with Gasteiger partial charge in [0.25, 0.3) is 0 Å². The van der Waals surface area contributed by atoms with E-state index in [1.807, 2.05) is 30.5 Å². The number of benzene rings is 1. The molecule has 0 aliphatic carbocycles. The number of hydrogen-bond donors (Lipinski definition) is 1. The van der Waals surface area contributed by atoms with Gasteiger partial charge < -0.3 is 14.8 Å². The molecule has 0 radical (unpaired) electrons. The molecule has 2 atom stereocenters. The topological polar surface area (TPSA) is 67.2 Å². The lowest BCUT2D eigenvalue weighted by Gasteiger charge is -2.36. The monoisotopic (exact) mass is 338 g/mol. The summed E-state index contributed by atoms with van der Waals surface area (Å²) in [5.41, 5.74) is 2.28. The molecule has 0 bridgehead atoms. The quantitative estimate of drug-likeness (QED) is 0.897.